The van der Waals surface area contributed by atoms with Crippen LogP contribution in [0.25, 0.3) is 10.9 Å². The number of aromatic hydroxyl groups is 1. The Kier molecular flexibility index (Phi) is 21.0. The molecule has 3 aliphatic heterocycles. The van der Waals surface area contributed by atoms with Gasteiger partial charge in [0.2, 0.25) is 53.2 Å². The number of primary amides is 1. The largest absolute Gasteiger partial charge is 0.508 e. The molecule has 2 aromatic rings. The topological polar surface area (TPSA) is 408 Å². The number of aliphatic hydroxyl groups is 2. The molecule has 1 aromatic carbocycles. The SMILES string of the molecule is CC[C@H](C)[C@@H]1NC(=O)CNC(=O)C2Cc3c([nH]c4cc(O)ccc34)SCC(NC(=O)CNC1=O)C(=O)N[C@@H](CC(N)=O)C(=O)N1CC(O)C[C@H]1C(=O)N[C@@H]([C@@H](C)[C@@H](O)COC(=O)NCCCCCCN)C(=O)N2. The fourth-order valence-corrected chi connectivity index (χ4v) is 9.69. The lowest BCUT2D eigenvalue weighted by Gasteiger charge is -2.33. The molecule has 3 aliphatic rings. The molecule has 1 fully saturated rings. The molecular formula is C46H68N12O14S. The van der Waals surface area contributed by atoms with Gasteiger partial charge in [-0.3, -0.25) is 43.2 Å². The molecular weight excluding hydrogens is 977 g/mol. The number of aliphatic hydroxyl groups excluding tert-OH is 2. The lowest BCUT2D eigenvalue weighted by molar-refractivity contribution is -0.144. The number of H-pyrrole nitrogens is 1. The number of fused-ring (bicyclic) bond motifs is 5. The van der Waals surface area contributed by atoms with Gasteiger partial charge in [0.1, 0.15) is 48.6 Å². The van der Waals surface area contributed by atoms with Crippen LogP contribution in [0, 0.1) is 11.8 Å². The molecule has 1 saturated heterocycles. The fraction of sp³-hybridized carbons (Fsp3) is 0.609. The molecule has 2 bridgehead atoms. The maximum Gasteiger partial charge on any atom is 0.407 e. The zero-order valence-electron chi connectivity index (χ0n) is 41.0. The van der Waals surface area contributed by atoms with Crippen LogP contribution in [-0.2, 0) is 54.3 Å². The van der Waals surface area contributed by atoms with E-state index in [4.69, 9.17) is 16.2 Å². The molecule has 3 unspecified atom stereocenters. The van der Waals surface area contributed by atoms with Crippen LogP contribution >= 0.6 is 11.8 Å². The number of nitrogens with two attached hydrogens (primary N) is 2. The third kappa shape index (κ3) is 15.9. The molecule has 0 radical (unpaired) electrons. The predicted octanol–water partition coefficient (Wildman–Crippen LogP) is -3.68. The van der Waals surface area contributed by atoms with Crippen LogP contribution in [0.4, 0.5) is 4.79 Å². The third-order valence-electron chi connectivity index (χ3n) is 13.0. The van der Waals surface area contributed by atoms with Crippen molar-refractivity contribution in [2.24, 2.45) is 23.3 Å². The molecule has 16 N–H and O–H groups in total. The number of hydrogen-bond donors (Lipinski definition) is 14. The maximum absolute atomic E-state index is 14.8. The average molecular weight is 1050 g/mol. The Hall–Kier alpha value is -6.71. The summed E-state index contributed by atoms with van der Waals surface area (Å²) >= 11 is 0.940. The Morgan fingerprint density at radius 2 is 1.56 bits per heavy atom. The second kappa shape index (κ2) is 26.8. The van der Waals surface area contributed by atoms with Crippen molar-refractivity contribution in [3.8, 4) is 5.75 Å². The number of phenolic OH excluding ortho intramolecular Hbond substituents is 1. The summed E-state index contributed by atoms with van der Waals surface area (Å²) in [5.74, 6) is -11.0. The lowest BCUT2D eigenvalue weighted by atomic mass is 9.93. The minimum atomic E-state index is -1.79. The zero-order chi connectivity index (χ0) is 53.5. The van der Waals surface area contributed by atoms with Crippen LogP contribution in [0.3, 0.4) is 0 Å². The van der Waals surface area contributed by atoms with E-state index in [1.807, 2.05) is 0 Å². The Morgan fingerprint density at radius 1 is 0.863 bits per heavy atom. The molecule has 27 heteroatoms. The van der Waals surface area contributed by atoms with Crippen LogP contribution in [0.5, 0.6) is 5.75 Å². The van der Waals surface area contributed by atoms with E-state index in [2.05, 4.69) is 47.5 Å². The number of unbranched alkanes of at least 4 members (excludes halogenated alkanes) is 3. The second-order valence-electron chi connectivity index (χ2n) is 18.5. The van der Waals surface area contributed by atoms with E-state index in [9.17, 15) is 63.3 Å². The number of aromatic amines is 1. The van der Waals surface area contributed by atoms with Crippen molar-refractivity contribution in [3.05, 3.63) is 23.8 Å². The quantitative estimate of drug-likeness (QED) is 0.0811. The number of hydrogen-bond acceptors (Lipinski definition) is 16. The first-order valence-corrected chi connectivity index (χ1v) is 25.3. The van der Waals surface area contributed by atoms with E-state index in [-0.39, 0.29) is 29.5 Å². The van der Waals surface area contributed by atoms with Gasteiger partial charge in [-0.15, -0.1) is 11.8 Å². The van der Waals surface area contributed by atoms with Gasteiger partial charge >= 0.3 is 6.09 Å². The number of benzene rings is 1. The summed E-state index contributed by atoms with van der Waals surface area (Å²) in [6, 6.07) is -5.26. The van der Waals surface area contributed by atoms with E-state index in [0.29, 0.717) is 35.9 Å². The summed E-state index contributed by atoms with van der Waals surface area (Å²) < 4.78 is 5.26. The number of phenols is 1. The van der Waals surface area contributed by atoms with E-state index < -0.39 is 159 Å². The van der Waals surface area contributed by atoms with Crippen molar-refractivity contribution in [2.75, 3.05) is 45.1 Å². The fourth-order valence-electron chi connectivity index (χ4n) is 8.57. The number of ether oxygens (including phenoxy) is 1. The minimum absolute atomic E-state index is 0.159. The molecule has 4 heterocycles. The number of alkyl carbamates (subject to hydrolysis) is 1. The average Bonchev–Trinajstić information content (AvgIpc) is 3.91. The monoisotopic (exact) mass is 1040 g/mol. The van der Waals surface area contributed by atoms with E-state index in [1.54, 1.807) is 13.8 Å². The van der Waals surface area contributed by atoms with Gasteiger partial charge in [-0.1, -0.05) is 40.0 Å². The number of thioether (sulfide) groups is 1. The second-order valence-corrected chi connectivity index (χ2v) is 19.5. The van der Waals surface area contributed by atoms with Crippen molar-refractivity contribution in [3.63, 3.8) is 0 Å². The van der Waals surface area contributed by atoms with Crippen molar-refractivity contribution in [1.82, 2.24) is 52.4 Å². The minimum Gasteiger partial charge on any atom is -0.508 e. The molecule has 73 heavy (non-hydrogen) atoms. The summed E-state index contributed by atoms with van der Waals surface area (Å²) in [4.78, 5) is 142. The van der Waals surface area contributed by atoms with Gasteiger partial charge in [-0.05, 0) is 43.0 Å². The highest BCUT2D eigenvalue weighted by molar-refractivity contribution is 7.99. The van der Waals surface area contributed by atoms with Crippen molar-refractivity contribution < 1.29 is 68.0 Å². The molecule has 0 spiro atoms. The maximum atomic E-state index is 14.8. The molecule has 1 aromatic heterocycles. The van der Waals surface area contributed by atoms with E-state index in [1.165, 1.54) is 25.1 Å². The number of carbonyl (C=O) groups excluding carboxylic acids is 10. The van der Waals surface area contributed by atoms with Gasteiger partial charge < -0.3 is 83.9 Å². The van der Waals surface area contributed by atoms with Crippen LogP contribution in [0.1, 0.15) is 71.3 Å². The summed E-state index contributed by atoms with van der Waals surface area (Å²) in [6.07, 6.45) is -1.97. The van der Waals surface area contributed by atoms with Gasteiger partial charge in [0.05, 0.1) is 42.3 Å². The zero-order valence-corrected chi connectivity index (χ0v) is 41.8. The third-order valence-corrected chi connectivity index (χ3v) is 14.1. The molecule has 0 saturated carbocycles. The van der Waals surface area contributed by atoms with E-state index >= 15 is 0 Å². The van der Waals surface area contributed by atoms with Gasteiger partial charge in [0, 0.05) is 49.1 Å². The molecule has 0 aliphatic carbocycles. The van der Waals surface area contributed by atoms with Crippen molar-refractivity contribution >= 4 is 81.9 Å². The van der Waals surface area contributed by atoms with Crippen LogP contribution < -0.4 is 54.0 Å². The smallest absolute Gasteiger partial charge is 0.407 e. The van der Waals surface area contributed by atoms with Crippen molar-refractivity contribution in [2.45, 2.75) is 126 Å². The highest BCUT2D eigenvalue weighted by Gasteiger charge is 2.45. The van der Waals surface area contributed by atoms with Gasteiger partial charge in [-0.2, -0.15) is 0 Å². The molecule has 26 nitrogen and oxygen atoms in total. The first-order valence-electron chi connectivity index (χ1n) is 24.3. The number of nitrogens with zero attached hydrogens (tertiary/aromatic N) is 1. The highest BCUT2D eigenvalue weighted by atomic mass is 32.2. The molecule has 5 rings (SSSR count). The van der Waals surface area contributed by atoms with Crippen LogP contribution in [0.2, 0.25) is 0 Å². The number of amides is 10. The molecule has 10 amide bonds. The van der Waals surface area contributed by atoms with E-state index in [0.717, 1.165) is 35.9 Å². The normalized spacial score (nSPS) is 25.3. The first-order chi connectivity index (χ1) is 34.7. The summed E-state index contributed by atoms with van der Waals surface area (Å²) in [5, 5.41) is 53.8. The number of rotatable bonds is 14. The van der Waals surface area contributed by atoms with Crippen LogP contribution in [0.15, 0.2) is 23.2 Å². The standard InChI is InChI=1S/C46H68N12O14S/c1-4-22(2)37-42(68)51-17-35(63)52-31-21-73-44-27(26-10-9-24(59)13-28(26)55-44)15-29(39(65)50-18-36(64)56-37)53-43(69)38(23(3)33(61)20-72-46(71)49-12-8-6-5-7-11-47)57-41(67)32-14-25(60)19-58(32)45(70)30(16-34(48)62)54-40(31)66/h9-10,13,22-23,25,29-33,37-38,55,59-61H,4-8,11-12,14-21,47H2,1-3H3,(H2,48,62)(H,49,71)(H,50,65)(H,51,68)(H,52,63)(H,53,69)(H,54,66)(H,56,64)(H,57,67)/t22-,23-,25?,29?,30-,31?,32-,33-,37-,38-/m0/s1. The van der Waals surface area contributed by atoms with Crippen molar-refractivity contribution in [1.29, 1.82) is 0 Å². The summed E-state index contributed by atoms with van der Waals surface area (Å²) in [6.45, 7) is 3.00. The lowest BCUT2D eigenvalue weighted by Crippen LogP contribution is -2.62. The van der Waals surface area contributed by atoms with Gasteiger partial charge in [-0.25, -0.2) is 4.79 Å². The number of aromatic nitrogens is 1. The number of nitrogens with one attached hydrogen (secondary N) is 9. The number of carbonyl (C=O) groups is 10. The van der Waals surface area contributed by atoms with Gasteiger partial charge in [0.25, 0.3) is 0 Å². The summed E-state index contributed by atoms with van der Waals surface area (Å²) in [7, 11) is 0. The Labute approximate surface area is 424 Å². The Morgan fingerprint density at radius 3 is 2.26 bits per heavy atom. The highest BCUT2D eigenvalue weighted by Crippen LogP contribution is 2.33. The Bertz CT molecular complexity index is 2370. The molecule has 10 atom stereocenters. The predicted molar refractivity (Wildman–Crippen MR) is 261 cm³/mol. The van der Waals surface area contributed by atoms with Crippen LogP contribution in [-0.4, -0.2) is 178 Å². The molecule has 402 valence electrons. The Balaban J connectivity index is 1.63. The summed E-state index contributed by atoms with van der Waals surface area (Å²) in [5.41, 5.74) is 11.8. The first kappa shape index (κ1) is 57.2. The van der Waals surface area contributed by atoms with Gasteiger partial charge in [0.15, 0.2) is 0 Å².